The van der Waals surface area contributed by atoms with Gasteiger partial charge >= 0.3 is 0 Å². The summed E-state index contributed by atoms with van der Waals surface area (Å²) < 4.78 is 11.7. The lowest BCUT2D eigenvalue weighted by atomic mass is 9.90. The van der Waals surface area contributed by atoms with Crippen molar-refractivity contribution >= 4 is 39.1 Å². The van der Waals surface area contributed by atoms with Crippen LogP contribution in [0.3, 0.4) is 0 Å². The van der Waals surface area contributed by atoms with E-state index in [1.807, 2.05) is 0 Å². The van der Waals surface area contributed by atoms with Crippen LogP contribution in [-0.4, -0.2) is 60.7 Å². The molecule has 2 aromatic rings. The van der Waals surface area contributed by atoms with E-state index in [9.17, 15) is 0 Å². The molecule has 8 heteroatoms. The van der Waals surface area contributed by atoms with Gasteiger partial charge in [0.15, 0.2) is 5.16 Å². The fourth-order valence-corrected chi connectivity index (χ4v) is 5.79. The van der Waals surface area contributed by atoms with Crippen LogP contribution in [0.5, 0.6) is 0 Å². The van der Waals surface area contributed by atoms with Crippen molar-refractivity contribution in [3.05, 3.63) is 10.4 Å². The molecule has 0 radical (unpaired) electrons. The number of nitrogens with one attached hydrogen (secondary N) is 2. The Balaban J connectivity index is 1.61. The number of morpholine rings is 1. The lowest BCUT2D eigenvalue weighted by Crippen LogP contribution is -3.14. The molecule has 4 heterocycles. The van der Waals surface area contributed by atoms with Gasteiger partial charge in [-0.15, -0.1) is 11.3 Å². The van der Waals surface area contributed by atoms with Crippen molar-refractivity contribution in [1.82, 2.24) is 9.97 Å². The summed E-state index contributed by atoms with van der Waals surface area (Å²) in [6.07, 6.45) is 3.07. The van der Waals surface area contributed by atoms with E-state index in [2.05, 4.69) is 26.1 Å². The Hall–Kier alpha value is -0.930. The van der Waals surface area contributed by atoms with Gasteiger partial charge in [-0.3, -0.25) is 0 Å². The van der Waals surface area contributed by atoms with Gasteiger partial charge in [-0.1, -0.05) is 25.6 Å². The van der Waals surface area contributed by atoms with Crippen LogP contribution in [0, 0.1) is 0 Å². The average Bonchev–Trinajstić information content (AvgIpc) is 3.10. The summed E-state index contributed by atoms with van der Waals surface area (Å²) in [5, 5.41) is 5.79. The van der Waals surface area contributed by atoms with Crippen LogP contribution in [0.1, 0.15) is 44.1 Å². The number of rotatable bonds is 8. The molecule has 6 nitrogen and oxygen atoms in total. The predicted molar refractivity (Wildman–Crippen MR) is 120 cm³/mol. The van der Waals surface area contributed by atoms with Crippen LogP contribution in [-0.2, 0) is 22.5 Å². The van der Waals surface area contributed by atoms with E-state index in [1.54, 1.807) is 28.0 Å². The molecule has 2 aliphatic rings. The summed E-state index contributed by atoms with van der Waals surface area (Å²) in [6, 6.07) is 0. The maximum atomic E-state index is 6.19. The van der Waals surface area contributed by atoms with Crippen molar-refractivity contribution in [2.75, 3.05) is 50.5 Å². The molecule has 1 fully saturated rings. The second-order valence-electron chi connectivity index (χ2n) is 8.20. The van der Waals surface area contributed by atoms with Crippen LogP contribution < -0.4 is 10.2 Å². The Bertz CT molecular complexity index is 838. The van der Waals surface area contributed by atoms with E-state index in [0.29, 0.717) is 6.61 Å². The van der Waals surface area contributed by atoms with Crippen LogP contribution in [0.4, 0.5) is 5.82 Å². The van der Waals surface area contributed by atoms with Crippen LogP contribution >= 0.6 is 23.1 Å². The summed E-state index contributed by atoms with van der Waals surface area (Å²) in [5.41, 5.74) is 1.31. The molecule has 4 rings (SSSR count). The number of thiophene rings is 1. The van der Waals surface area contributed by atoms with Crippen molar-refractivity contribution in [2.45, 2.75) is 57.4 Å². The minimum absolute atomic E-state index is 0.0914. The van der Waals surface area contributed by atoms with Crippen LogP contribution in [0.15, 0.2) is 5.16 Å². The minimum atomic E-state index is -0.0914. The highest BCUT2D eigenvalue weighted by Crippen LogP contribution is 2.42. The zero-order chi connectivity index (χ0) is 20.3. The van der Waals surface area contributed by atoms with Crippen LogP contribution in [0.25, 0.3) is 10.2 Å². The Morgan fingerprint density at radius 2 is 2.07 bits per heavy atom. The molecule has 0 aromatic carbocycles. The summed E-state index contributed by atoms with van der Waals surface area (Å²) in [7, 11) is 0. The average molecular weight is 438 g/mol. The Kier molecular flexibility index (Phi) is 6.96. The first-order valence-corrected chi connectivity index (χ1v) is 12.7. The third kappa shape index (κ3) is 4.88. The summed E-state index contributed by atoms with van der Waals surface area (Å²) in [4.78, 5) is 13.9. The van der Waals surface area contributed by atoms with Crippen molar-refractivity contribution in [2.24, 2.45) is 0 Å². The number of hydrogen-bond acceptors (Lipinski definition) is 7. The van der Waals surface area contributed by atoms with E-state index < -0.39 is 0 Å². The standard InChI is InChI=1S/C21H32N4O2S2/c1-4-12-28-20-23-18(22-6-7-25-8-10-26-11-9-25)17-15-13-21(3,5-2)27-14-16(15)29-19(17)24-20/h4-14H2,1-3H3,(H,22,23,24)/p+1/t21-/m0/s1. The Morgan fingerprint density at radius 1 is 1.24 bits per heavy atom. The van der Waals surface area contributed by atoms with Gasteiger partial charge in [-0.2, -0.15) is 0 Å². The van der Waals surface area contributed by atoms with Crippen LogP contribution in [0.2, 0.25) is 0 Å². The smallest absolute Gasteiger partial charge is 0.190 e. The van der Waals surface area contributed by atoms with E-state index in [4.69, 9.17) is 19.4 Å². The van der Waals surface area contributed by atoms with Crippen molar-refractivity contribution in [1.29, 1.82) is 0 Å². The van der Waals surface area contributed by atoms with Gasteiger partial charge in [0.2, 0.25) is 0 Å². The number of aromatic nitrogens is 2. The zero-order valence-electron chi connectivity index (χ0n) is 17.8. The molecule has 1 atom stereocenters. The van der Waals surface area contributed by atoms with E-state index in [0.717, 1.165) is 80.2 Å². The number of quaternary nitrogens is 1. The number of nitrogens with zero attached hydrogens (tertiary/aromatic N) is 2. The van der Waals surface area contributed by atoms with Gasteiger partial charge < -0.3 is 19.7 Å². The molecule has 2 N–H and O–H groups in total. The number of anilines is 1. The van der Waals surface area contributed by atoms with Gasteiger partial charge in [-0.25, -0.2) is 9.97 Å². The monoisotopic (exact) mass is 437 g/mol. The van der Waals surface area contributed by atoms with Gasteiger partial charge in [0.1, 0.15) is 23.7 Å². The molecule has 2 aliphatic heterocycles. The van der Waals surface area contributed by atoms with Gasteiger partial charge in [-0.05, 0) is 25.3 Å². The third-order valence-electron chi connectivity index (χ3n) is 5.97. The molecule has 0 bridgehead atoms. The highest BCUT2D eigenvalue weighted by Gasteiger charge is 2.33. The molecule has 0 unspecified atom stereocenters. The fraction of sp³-hybridized carbons (Fsp3) is 0.714. The number of fused-ring (bicyclic) bond motifs is 3. The lowest BCUT2D eigenvalue weighted by molar-refractivity contribution is -0.906. The third-order valence-corrected chi connectivity index (χ3v) is 8.12. The SMILES string of the molecule is CCCSc1nc(NCC[NH+]2CCOCC2)c2c3c(sc2n1)CO[C@@](C)(CC)C3. The molecule has 29 heavy (non-hydrogen) atoms. The molecular formula is C21H33N4O2S2+. The first-order valence-electron chi connectivity index (χ1n) is 10.9. The number of hydrogen-bond donors (Lipinski definition) is 2. The normalized spacial score (nSPS) is 22.7. The van der Waals surface area contributed by atoms with Gasteiger partial charge in [0.05, 0.1) is 43.9 Å². The topological polar surface area (TPSA) is 60.7 Å². The molecule has 0 spiro atoms. The second-order valence-corrected chi connectivity index (χ2v) is 10.3. The van der Waals surface area contributed by atoms with Crippen molar-refractivity contribution < 1.29 is 14.4 Å². The molecular weight excluding hydrogens is 404 g/mol. The van der Waals surface area contributed by atoms with Crippen molar-refractivity contribution in [3.63, 3.8) is 0 Å². The number of ether oxygens (including phenoxy) is 2. The molecule has 0 aliphatic carbocycles. The maximum absolute atomic E-state index is 6.19. The Morgan fingerprint density at radius 3 is 2.83 bits per heavy atom. The fourth-order valence-electron chi connectivity index (χ4n) is 3.93. The molecule has 2 aromatic heterocycles. The summed E-state index contributed by atoms with van der Waals surface area (Å²) in [6.45, 7) is 13.3. The molecule has 0 saturated carbocycles. The van der Waals surface area contributed by atoms with E-state index in [-0.39, 0.29) is 5.60 Å². The second kappa shape index (κ2) is 9.47. The van der Waals surface area contributed by atoms with E-state index in [1.165, 1.54) is 15.8 Å². The molecule has 1 saturated heterocycles. The van der Waals surface area contributed by atoms with E-state index >= 15 is 0 Å². The highest BCUT2D eigenvalue weighted by molar-refractivity contribution is 7.99. The lowest BCUT2D eigenvalue weighted by Gasteiger charge is -2.33. The first-order chi connectivity index (χ1) is 14.1. The predicted octanol–water partition coefficient (Wildman–Crippen LogP) is 2.76. The Labute approximate surface area is 181 Å². The minimum Gasteiger partial charge on any atom is -0.370 e. The first kappa shape index (κ1) is 21.3. The maximum Gasteiger partial charge on any atom is 0.190 e. The number of thioether (sulfide) groups is 1. The summed E-state index contributed by atoms with van der Waals surface area (Å²) >= 11 is 3.54. The highest BCUT2D eigenvalue weighted by atomic mass is 32.2. The van der Waals surface area contributed by atoms with Gasteiger partial charge in [0, 0.05) is 17.1 Å². The molecule has 160 valence electrons. The summed E-state index contributed by atoms with van der Waals surface area (Å²) in [5.74, 6) is 2.06. The zero-order valence-corrected chi connectivity index (χ0v) is 19.4. The van der Waals surface area contributed by atoms with Gasteiger partial charge in [0.25, 0.3) is 0 Å². The largest absolute Gasteiger partial charge is 0.370 e. The molecule has 0 amide bonds. The van der Waals surface area contributed by atoms with Crippen molar-refractivity contribution in [3.8, 4) is 0 Å². The quantitative estimate of drug-likeness (QED) is 0.489.